The molecule has 0 radical (unpaired) electrons. The molecule has 7 heteroatoms. The van der Waals surface area contributed by atoms with Crippen molar-refractivity contribution in [3.8, 4) is 17.2 Å². The third-order valence-corrected chi connectivity index (χ3v) is 7.66. The van der Waals surface area contributed by atoms with Crippen molar-refractivity contribution in [2.45, 2.75) is 37.6 Å². The van der Waals surface area contributed by atoms with Gasteiger partial charge in [-0.05, 0) is 51.4 Å². The van der Waals surface area contributed by atoms with Crippen LogP contribution in [0.15, 0.2) is 60.7 Å². The number of epoxide rings is 3. The molecule has 3 atom stereocenters. The Bertz CT molecular complexity index is 1500. The van der Waals surface area contributed by atoms with Crippen LogP contribution in [0.2, 0.25) is 0 Å². The summed E-state index contributed by atoms with van der Waals surface area (Å²) in [7, 11) is 0. The third kappa shape index (κ3) is 6.03. The minimum Gasteiger partial charge on any atom is -0.493 e. The Morgan fingerprint density at radius 1 is 0.675 bits per heavy atom. The number of benzene rings is 4. The van der Waals surface area contributed by atoms with Crippen molar-refractivity contribution < 1.29 is 33.5 Å². The monoisotopic (exact) mass is 542 g/mol. The summed E-state index contributed by atoms with van der Waals surface area (Å²) in [4.78, 5) is 0. The van der Waals surface area contributed by atoms with Crippen molar-refractivity contribution in [1.29, 1.82) is 0 Å². The number of aliphatic hydroxyl groups is 1. The molecule has 4 aromatic rings. The highest BCUT2D eigenvalue weighted by Crippen LogP contribution is 2.38. The third-order valence-electron chi connectivity index (χ3n) is 7.66. The van der Waals surface area contributed by atoms with Gasteiger partial charge in [0.2, 0.25) is 0 Å². The van der Waals surface area contributed by atoms with Gasteiger partial charge in [-0.25, -0.2) is 0 Å². The zero-order chi connectivity index (χ0) is 26.9. The van der Waals surface area contributed by atoms with Crippen LogP contribution >= 0.6 is 0 Å². The maximum atomic E-state index is 9.20. The van der Waals surface area contributed by atoms with Crippen LogP contribution in [0.5, 0.6) is 17.2 Å². The van der Waals surface area contributed by atoms with Crippen molar-refractivity contribution in [3.63, 3.8) is 0 Å². The van der Waals surface area contributed by atoms with Crippen LogP contribution in [0.3, 0.4) is 0 Å². The Balaban J connectivity index is 1.32. The zero-order valence-electron chi connectivity index (χ0n) is 22.5. The molecule has 0 aliphatic carbocycles. The topological polar surface area (TPSA) is 85.5 Å². The van der Waals surface area contributed by atoms with E-state index in [9.17, 15) is 5.11 Å². The van der Waals surface area contributed by atoms with E-state index in [1.54, 1.807) is 0 Å². The molecule has 0 spiro atoms. The number of aliphatic hydroxyl groups excluding tert-OH is 1. The minimum atomic E-state index is 0.102. The average molecular weight is 543 g/mol. The number of hydrogen-bond donors (Lipinski definition) is 1. The molecule has 3 unspecified atom stereocenters. The van der Waals surface area contributed by atoms with E-state index in [-0.39, 0.29) is 18.8 Å². The van der Waals surface area contributed by atoms with Crippen LogP contribution in [0.25, 0.3) is 21.5 Å². The normalized spacial score (nSPS) is 21.0. The first kappa shape index (κ1) is 25.6. The van der Waals surface area contributed by atoms with Gasteiger partial charge in [-0.3, -0.25) is 0 Å². The SMILES string of the molecule is OCCCOc1ccc2ccc(OCC3CO3)c(Cc3c(OCC4CO4)ccc4ccc(CC5CO5)cc34)c2c1. The standard InChI is InChI=1S/C33H34O7/c34-10-1-11-35-24-7-4-23-6-9-33(40-20-27-18-38-27)31(29(23)14-24)15-30-28-13-21(12-25-16-36-25)2-3-22(28)5-8-32(30)39-19-26-17-37-26/h2-9,13-14,25-27,34H,1,10-12,15-20H2. The van der Waals surface area contributed by atoms with Gasteiger partial charge in [0.25, 0.3) is 0 Å². The molecule has 40 heavy (non-hydrogen) atoms. The molecule has 3 aliphatic heterocycles. The van der Waals surface area contributed by atoms with Gasteiger partial charge in [-0.15, -0.1) is 0 Å². The molecule has 0 amide bonds. The van der Waals surface area contributed by atoms with Crippen molar-refractivity contribution >= 4 is 21.5 Å². The van der Waals surface area contributed by atoms with Crippen molar-refractivity contribution in [2.75, 3.05) is 46.2 Å². The van der Waals surface area contributed by atoms with Gasteiger partial charge in [0.05, 0.1) is 32.5 Å². The highest BCUT2D eigenvalue weighted by Gasteiger charge is 2.26. The van der Waals surface area contributed by atoms with Gasteiger partial charge in [0.1, 0.15) is 42.7 Å². The van der Waals surface area contributed by atoms with E-state index in [1.807, 2.05) is 6.07 Å². The summed E-state index contributed by atoms with van der Waals surface area (Å²) in [5, 5.41) is 13.7. The summed E-state index contributed by atoms with van der Waals surface area (Å²) in [6, 6.07) is 21.2. The van der Waals surface area contributed by atoms with E-state index in [0.29, 0.717) is 38.8 Å². The molecule has 3 fully saturated rings. The molecule has 0 saturated carbocycles. The van der Waals surface area contributed by atoms with Gasteiger partial charge in [-0.1, -0.05) is 36.4 Å². The molecule has 208 valence electrons. The van der Waals surface area contributed by atoms with Crippen molar-refractivity contribution in [3.05, 3.63) is 77.4 Å². The van der Waals surface area contributed by atoms with Crippen LogP contribution < -0.4 is 14.2 Å². The lowest BCUT2D eigenvalue weighted by Gasteiger charge is -2.19. The lowest BCUT2D eigenvalue weighted by Crippen LogP contribution is -2.09. The zero-order valence-corrected chi connectivity index (χ0v) is 22.5. The molecular weight excluding hydrogens is 508 g/mol. The van der Waals surface area contributed by atoms with Crippen LogP contribution in [0.1, 0.15) is 23.1 Å². The molecule has 3 aliphatic rings. The lowest BCUT2D eigenvalue weighted by atomic mass is 9.92. The van der Waals surface area contributed by atoms with E-state index >= 15 is 0 Å². The van der Waals surface area contributed by atoms with E-state index < -0.39 is 0 Å². The van der Waals surface area contributed by atoms with Crippen LogP contribution in [0.4, 0.5) is 0 Å². The van der Waals surface area contributed by atoms with Crippen molar-refractivity contribution in [2.24, 2.45) is 0 Å². The summed E-state index contributed by atoms with van der Waals surface area (Å²) >= 11 is 0. The predicted octanol–water partition coefficient (Wildman–Crippen LogP) is 4.84. The lowest BCUT2D eigenvalue weighted by molar-refractivity contribution is 0.233. The van der Waals surface area contributed by atoms with E-state index in [4.69, 9.17) is 28.4 Å². The van der Waals surface area contributed by atoms with Gasteiger partial charge >= 0.3 is 0 Å². The van der Waals surface area contributed by atoms with Gasteiger partial charge < -0.3 is 33.5 Å². The Kier molecular flexibility index (Phi) is 7.20. The number of fused-ring (bicyclic) bond motifs is 2. The van der Waals surface area contributed by atoms with Gasteiger partial charge in [0.15, 0.2) is 0 Å². The van der Waals surface area contributed by atoms with Crippen LogP contribution in [0, 0.1) is 0 Å². The molecular formula is C33H34O7. The second-order valence-electron chi connectivity index (χ2n) is 10.8. The van der Waals surface area contributed by atoms with Crippen LogP contribution in [-0.4, -0.2) is 69.7 Å². The fourth-order valence-electron chi connectivity index (χ4n) is 5.18. The molecule has 1 N–H and O–H groups in total. The highest BCUT2D eigenvalue weighted by molar-refractivity contribution is 5.92. The fraction of sp³-hybridized carbons (Fsp3) is 0.394. The highest BCUT2D eigenvalue weighted by atomic mass is 16.6. The Morgan fingerprint density at radius 3 is 1.85 bits per heavy atom. The number of hydrogen-bond acceptors (Lipinski definition) is 7. The molecule has 7 rings (SSSR count). The molecule has 4 aromatic carbocycles. The first-order valence-electron chi connectivity index (χ1n) is 14.2. The smallest absolute Gasteiger partial charge is 0.123 e. The molecule has 7 nitrogen and oxygen atoms in total. The Morgan fingerprint density at radius 2 is 1.25 bits per heavy atom. The van der Waals surface area contributed by atoms with E-state index in [1.165, 1.54) is 16.3 Å². The summed E-state index contributed by atoms with van der Waals surface area (Å²) < 4.78 is 35.1. The molecule has 3 heterocycles. The maximum Gasteiger partial charge on any atom is 0.123 e. The van der Waals surface area contributed by atoms with E-state index in [2.05, 4.69) is 54.6 Å². The summed E-state index contributed by atoms with van der Waals surface area (Å²) in [5.41, 5.74) is 3.48. The predicted molar refractivity (Wildman–Crippen MR) is 152 cm³/mol. The molecule has 0 aromatic heterocycles. The Labute approximate surface area is 233 Å². The summed E-state index contributed by atoms with van der Waals surface area (Å²) in [5.74, 6) is 2.48. The minimum absolute atomic E-state index is 0.102. The second kappa shape index (κ2) is 11.3. The first-order valence-corrected chi connectivity index (χ1v) is 14.2. The van der Waals surface area contributed by atoms with Gasteiger partial charge in [-0.2, -0.15) is 0 Å². The Hall–Kier alpha value is -3.36. The average Bonchev–Trinajstić information content (AvgIpc) is 3.81. The molecule has 0 bridgehead atoms. The summed E-state index contributed by atoms with van der Waals surface area (Å²) in [6.07, 6.45) is 2.76. The number of ether oxygens (including phenoxy) is 6. The van der Waals surface area contributed by atoms with E-state index in [0.717, 1.165) is 65.4 Å². The maximum absolute atomic E-state index is 9.20. The largest absolute Gasteiger partial charge is 0.493 e. The molecule has 3 saturated heterocycles. The number of rotatable bonds is 14. The van der Waals surface area contributed by atoms with Crippen molar-refractivity contribution in [1.82, 2.24) is 0 Å². The fourth-order valence-corrected chi connectivity index (χ4v) is 5.18. The first-order chi connectivity index (χ1) is 19.7. The summed E-state index contributed by atoms with van der Waals surface area (Å²) in [6.45, 7) is 3.94. The van der Waals surface area contributed by atoms with Crippen LogP contribution in [-0.2, 0) is 27.1 Å². The quantitative estimate of drug-likeness (QED) is 0.180. The van der Waals surface area contributed by atoms with Gasteiger partial charge in [0, 0.05) is 37.0 Å². The second-order valence-corrected chi connectivity index (χ2v) is 10.8.